The van der Waals surface area contributed by atoms with Gasteiger partial charge >= 0.3 is 0 Å². The van der Waals surface area contributed by atoms with Crippen LogP contribution in [0.3, 0.4) is 0 Å². The van der Waals surface area contributed by atoms with Crippen LogP contribution >= 0.6 is 18.8 Å². The number of nitrogens with one attached hydrogen (secondary N) is 2. The topological polar surface area (TPSA) is 167 Å². The highest BCUT2D eigenvalue weighted by Crippen LogP contribution is 2.41. The molecule has 3 heterocycles. The van der Waals surface area contributed by atoms with Crippen LogP contribution in [0, 0.1) is 0 Å². The van der Waals surface area contributed by atoms with Crippen molar-refractivity contribution in [3.63, 3.8) is 0 Å². The molecule has 5 N–H and O–H groups in total. The number of carbonyl (C=O) groups is 1. The van der Waals surface area contributed by atoms with Gasteiger partial charge in [0.1, 0.15) is 18.2 Å². The van der Waals surface area contributed by atoms with Crippen molar-refractivity contribution in [2.45, 2.75) is 71.4 Å². The standard InChI is InChI=1S/C23H36N7O5PS/c1-5-6-7-10-34-22(32)23(3,4)29-36(33,28-21(31)17-9-8-11-37-17)15-35-16(2)12-30-14-27-18-19(24)25-13-26-20(18)30/h8-9,11,13-14,16,22,32H,5-7,10,12,15H2,1-4H3,(H2,24,25,26)(H2,28,29,31,33)/t16-,22?,36-/m1/s1. The summed E-state index contributed by atoms with van der Waals surface area (Å²) >= 11 is 1.23. The molecule has 0 saturated heterocycles. The Bertz CT molecular complexity index is 1200. The molecule has 0 aliphatic rings. The molecule has 0 fully saturated rings. The highest BCUT2D eigenvalue weighted by atomic mass is 32.1. The highest BCUT2D eigenvalue weighted by Gasteiger charge is 2.38. The molecule has 3 aromatic rings. The Morgan fingerprint density at radius 2 is 2.08 bits per heavy atom. The number of nitrogens with zero attached hydrogens (tertiary/aromatic N) is 4. The van der Waals surface area contributed by atoms with Crippen LogP contribution in [0.2, 0.25) is 0 Å². The molecule has 204 valence electrons. The summed E-state index contributed by atoms with van der Waals surface area (Å²) in [5.74, 6) is -0.218. The summed E-state index contributed by atoms with van der Waals surface area (Å²) in [5.41, 5.74) is 5.75. The molecule has 3 aromatic heterocycles. The van der Waals surface area contributed by atoms with Gasteiger partial charge in [-0.05, 0) is 38.6 Å². The quantitative estimate of drug-likeness (QED) is 0.124. The summed E-state index contributed by atoms with van der Waals surface area (Å²) in [5, 5.41) is 17.9. The number of nitrogens with two attached hydrogens (primary N) is 1. The van der Waals surface area contributed by atoms with Crippen LogP contribution in [0.4, 0.5) is 5.82 Å². The molecule has 0 aliphatic carbocycles. The van der Waals surface area contributed by atoms with Crippen molar-refractivity contribution in [2.24, 2.45) is 0 Å². The minimum atomic E-state index is -3.71. The van der Waals surface area contributed by atoms with E-state index in [2.05, 4.69) is 32.1 Å². The van der Waals surface area contributed by atoms with Crippen LogP contribution in [0.25, 0.3) is 11.2 Å². The smallest absolute Gasteiger partial charge is 0.267 e. The van der Waals surface area contributed by atoms with Crippen molar-refractivity contribution in [1.29, 1.82) is 0 Å². The molecule has 1 unspecified atom stereocenters. The molecule has 3 rings (SSSR count). The average Bonchev–Trinajstić information content (AvgIpc) is 3.52. The Morgan fingerprint density at radius 1 is 1.30 bits per heavy atom. The second-order valence-electron chi connectivity index (χ2n) is 9.36. The van der Waals surface area contributed by atoms with E-state index in [1.807, 2.05) is 0 Å². The first-order chi connectivity index (χ1) is 17.5. The predicted octanol–water partition coefficient (Wildman–Crippen LogP) is 3.35. The number of carbonyl (C=O) groups excluding carboxylic acids is 1. The third-order valence-electron chi connectivity index (χ3n) is 5.56. The van der Waals surface area contributed by atoms with Crippen molar-refractivity contribution in [3.8, 4) is 0 Å². The Balaban J connectivity index is 1.70. The summed E-state index contributed by atoms with van der Waals surface area (Å²) in [6.45, 7) is 7.91. The summed E-state index contributed by atoms with van der Waals surface area (Å²) in [6.07, 6.45) is 3.75. The number of aromatic nitrogens is 4. The van der Waals surface area contributed by atoms with E-state index in [0.29, 0.717) is 29.2 Å². The van der Waals surface area contributed by atoms with Crippen LogP contribution < -0.4 is 15.9 Å². The van der Waals surface area contributed by atoms with Gasteiger partial charge in [0, 0.05) is 6.61 Å². The lowest BCUT2D eigenvalue weighted by atomic mass is 10.1. The zero-order valence-electron chi connectivity index (χ0n) is 21.6. The first-order valence-corrected chi connectivity index (χ1v) is 14.9. The van der Waals surface area contributed by atoms with Crippen LogP contribution in [-0.2, 0) is 20.6 Å². The summed E-state index contributed by atoms with van der Waals surface area (Å²) in [4.78, 5) is 25.6. The number of imidazole rings is 1. The Labute approximate surface area is 220 Å². The number of aliphatic hydroxyl groups is 1. The molecule has 37 heavy (non-hydrogen) atoms. The molecule has 0 spiro atoms. The van der Waals surface area contributed by atoms with E-state index in [1.54, 1.807) is 49.2 Å². The van der Waals surface area contributed by atoms with E-state index < -0.39 is 31.3 Å². The fourth-order valence-corrected chi connectivity index (χ4v) is 6.42. The molecule has 0 bridgehead atoms. The molecule has 0 radical (unpaired) electrons. The van der Waals surface area contributed by atoms with E-state index in [1.165, 1.54) is 17.7 Å². The lowest BCUT2D eigenvalue weighted by Crippen LogP contribution is -2.51. The molecule has 0 saturated carbocycles. The van der Waals surface area contributed by atoms with Crippen LogP contribution in [-0.4, -0.2) is 61.4 Å². The number of aliphatic hydroxyl groups excluding tert-OH is 1. The van der Waals surface area contributed by atoms with Gasteiger partial charge in [0.15, 0.2) is 17.8 Å². The molecule has 0 aliphatic heterocycles. The van der Waals surface area contributed by atoms with Crippen molar-refractivity contribution in [3.05, 3.63) is 35.0 Å². The normalized spacial score (nSPS) is 15.4. The number of ether oxygens (including phenoxy) is 2. The largest absolute Gasteiger partial charge is 0.382 e. The fraction of sp³-hybridized carbons (Fsp3) is 0.565. The minimum absolute atomic E-state index is 0.278. The van der Waals surface area contributed by atoms with E-state index in [4.69, 9.17) is 15.2 Å². The lowest BCUT2D eigenvalue weighted by Gasteiger charge is -2.35. The molecule has 14 heteroatoms. The van der Waals surface area contributed by atoms with Gasteiger partial charge in [-0.25, -0.2) is 20.0 Å². The maximum atomic E-state index is 14.0. The van der Waals surface area contributed by atoms with E-state index >= 15 is 0 Å². The summed E-state index contributed by atoms with van der Waals surface area (Å²) in [6, 6.07) is 3.38. The van der Waals surface area contributed by atoms with Crippen LogP contribution in [0.15, 0.2) is 30.2 Å². The Hall–Kier alpha value is -2.41. The molecular weight excluding hydrogens is 517 g/mol. The number of rotatable bonds is 15. The van der Waals surface area contributed by atoms with Gasteiger partial charge in [-0.2, -0.15) is 0 Å². The van der Waals surface area contributed by atoms with E-state index in [0.717, 1.165) is 19.3 Å². The second kappa shape index (κ2) is 12.9. The summed E-state index contributed by atoms with van der Waals surface area (Å²) < 4.78 is 27.3. The first-order valence-electron chi connectivity index (χ1n) is 12.1. The van der Waals surface area contributed by atoms with Crippen molar-refractivity contribution in [2.75, 3.05) is 18.7 Å². The number of thiophene rings is 1. The lowest BCUT2D eigenvalue weighted by molar-refractivity contribution is -0.140. The molecule has 3 atom stereocenters. The fourth-order valence-electron chi connectivity index (χ4n) is 3.59. The van der Waals surface area contributed by atoms with E-state index in [9.17, 15) is 14.5 Å². The van der Waals surface area contributed by atoms with Gasteiger partial charge in [-0.15, -0.1) is 11.3 Å². The molecule has 1 amide bonds. The van der Waals surface area contributed by atoms with Gasteiger partial charge in [0.05, 0.1) is 29.4 Å². The zero-order valence-corrected chi connectivity index (χ0v) is 23.3. The maximum absolute atomic E-state index is 14.0. The van der Waals surface area contributed by atoms with Crippen molar-refractivity contribution in [1.82, 2.24) is 29.7 Å². The molecular formula is C23H36N7O5PS. The number of unbranched alkanes of at least 4 members (excludes halogenated alkanes) is 2. The maximum Gasteiger partial charge on any atom is 0.267 e. The minimum Gasteiger partial charge on any atom is -0.382 e. The van der Waals surface area contributed by atoms with E-state index in [-0.39, 0.29) is 12.2 Å². The molecule has 12 nitrogen and oxygen atoms in total. The Kier molecular flexibility index (Phi) is 10.2. The van der Waals surface area contributed by atoms with Crippen molar-refractivity contribution < 1.29 is 23.9 Å². The van der Waals surface area contributed by atoms with Gasteiger partial charge < -0.3 is 24.9 Å². The van der Waals surface area contributed by atoms with Crippen molar-refractivity contribution >= 4 is 41.7 Å². The van der Waals surface area contributed by atoms with Gasteiger partial charge in [0.25, 0.3) is 13.4 Å². The number of nitrogen functional groups attached to an aromatic ring is 1. The van der Waals surface area contributed by atoms with Crippen LogP contribution in [0.5, 0.6) is 0 Å². The second-order valence-corrected chi connectivity index (χ2v) is 12.5. The van der Waals surface area contributed by atoms with Gasteiger partial charge in [0.2, 0.25) is 0 Å². The third-order valence-corrected chi connectivity index (χ3v) is 8.44. The predicted molar refractivity (Wildman–Crippen MR) is 143 cm³/mol. The number of hydrogen-bond acceptors (Lipinski definition) is 10. The monoisotopic (exact) mass is 553 g/mol. The third kappa shape index (κ3) is 8.03. The number of fused-ring (bicyclic) bond motifs is 1. The number of amides is 1. The zero-order chi connectivity index (χ0) is 27.1. The average molecular weight is 554 g/mol. The Morgan fingerprint density at radius 3 is 2.78 bits per heavy atom. The molecule has 0 aromatic carbocycles. The van der Waals surface area contributed by atoms with Gasteiger partial charge in [-0.3, -0.25) is 14.4 Å². The SMILES string of the molecule is CCCCCOC(O)C(C)(C)N[P@@](=O)(CO[C@H](C)Cn1cnc2c(N)ncnc21)NC(=O)c1cccs1. The highest BCUT2D eigenvalue weighted by molar-refractivity contribution is 7.60. The first kappa shape index (κ1) is 29.2. The summed E-state index contributed by atoms with van der Waals surface area (Å²) in [7, 11) is -3.71. The van der Waals surface area contributed by atoms with Gasteiger partial charge in [-0.1, -0.05) is 25.8 Å². The van der Waals surface area contributed by atoms with Crippen LogP contribution in [0.1, 0.15) is 56.6 Å². The number of anilines is 1. The number of hydrogen-bond donors (Lipinski definition) is 4.